The molecular weight excluding hydrogens is 809 g/mol. The van der Waals surface area contributed by atoms with Crippen molar-refractivity contribution in [2.24, 2.45) is 0 Å². The molecule has 0 aliphatic carbocycles. The van der Waals surface area contributed by atoms with E-state index in [1.165, 1.54) is 10.7 Å². The minimum absolute atomic E-state index is 0.194. The molecule has 1 unspecified atom stereocenters. The lowest BCUT2D eigenvalue weighted by atomic mass is 10.3. The van der Waals surface area contributed by atoms with Crippen molar-refractivity contribution in [2.75, 3.05) is 0 Å². The summed E-state index contributed by atoms with van der Waals surface area (Å²) in [5.41, 5.74) is -0.194. The van der Waals surface area contributed by atoms with Crippen molar-refractivity contribution < 1.29 is 4.74 Å². The van der Waals surface area contributed by atoms with Crippen LogP contribution >= 0.6 is 125 Å². The Bertz CT molecular complexity index is 385. The Morgan fingerprint density at radius 2 is 1.31 bits per heavy atom. The molecule has 0 fully saturated rings. The first kappa shape index (κ1) is 17.5. The summed E-state index contributed by atoms with van der Waals surface area (Å²) in [6.07, 6.45) is 0. The van der Waals surface area contributed by atoms with Crippen LogP contribution in [0, 0.1) is 17.9 Å². The summed E-state index contributed by atoms with van der Waals surface area (Å²) in [4.78, 5) is 0. The predicted molar refractivity (Wildman–Crippen MR) is 114 cm³/mol. The normalized spacial score (nSPS) is 12.6. The van der Waals surface area contributed by atoms with Gasteiger partial charge in [0.25, 0.3) is 0 Å². The van der Waals surface area contributed by atoms with Gasteiger partial charge >= 0.3 is 0 Å². The maximum absolute atomic E-state index is 6.09. The summed E-state index contributed by atoms with van der Waals surface area (Å²) in [5.74, 6) is 0.936. The fraction of sp³-hybridized carbons (Fsp3) is 0.250. The zero-order valence-corrected chi connectivity index (χ0v) is 21.5. The Kier molecular flexibility index (Phi) is 8.84. The maximum atomic E-state index is 6.09. The summed E-state index contributed by atoms with van der Waals surface area (Å²) >= 11 is 18.9. The molecule has 88 valence electrons. The van der Waals surface area contributed by atoms with E-state index in [2.05, 4.69) is 113 Å². The quantitative estimate of drug-likeness (QED) is 0.142. The highest BCUT2D eigenvalue weighted by molar-refractivity contribution is 14.1. The highest BCUT2D eigenvalue weighted by Gasteiger charge is 2.20. The standard InChI is InChI=1S/C8H3ClI5O.Al.2H/c1-2(9)15-8-6(13)4(11)3(10)5(12)7(8)14;;;/h2H,1H2;;;. The van der Waals surface area contributed by atoms with Crippen LogP contribution in [-0.2, 0) is 0 Å². The minimum Gasteiger partial charge on any atom is -0.474 e. The molecule has 1 aromatic rings. The third kappa shape index (κ3) is 4.24. The zero-order valence-electron chi connectivity index (χ0n) is 7.96. The molecular formula is C8H5AlClI5O. The van der Waals surface area contributed by atoms with Crippen molar-refractivity contribution in [3.05, 3.63) is 17.9 Å². The van der Waals surface area contributed by atoms with E-state index in [1.54, 1.807) is 0 Å². The Hall–Kier alpha value is 3.49. The van der Waals surface area contributed by atoms with Crippen LogP contribution in [0.5, 0.6) is 5.75 Å². The number of halogens is 6. The molecule has 0 N–H and O–H groups in total. The SMILES string of the molecule is [AlH2][CH2]C(Cl)Oc1c(I)c(I)c(I)c(I)c1I. The van der Waals surface area contributed by atoms with Gasteiger partial charge in [-0.05, 0) is 113 Å². The Balaban J connectivity index is 3.28. The number of benzene rings is 1. The molecule has 16 heavy (non-hydrogen) atoms. The van der Waals surface area contributed by atoms with E-state index in [0.29, 0.717) is 0 Å². The number of rotatable bonds is 3. The molecule has 1 nitrogen and oxygen atoms in total. The second-order valence-corrected chi connectivity index (χ2v) is 9.53. The second kappa shape index (κ2) is 8.06. The summed E-state index contributed by atoms with van der Waals surface area (Å²) < 4.78 is 11.9. The lowest BCUT2D eigenvalue weighted by Crippen LogP contribution is -2.11. The smallest absolute Gasteiger partial charge is 0.219 e. The Labute approximate surface area is 176 Å². The monoisotopic (exact) mass is 814 g/mol. The molecule has 0 saturated heterocycles. The topological polar surface area (TPSA) is 9.23 Å². The van der Waals surface area contributed by atoms with Gasteiger partial charge in [-0.2, -0.15) is 0 Å². The van der Waals surface area contributed by atoms with Crippen molar-refractivity contribution in [1.29, 1.82) is 0 Å². The molecule has 0 aliphatic rings. The lowest BCUT2D eigenvalue weighted by molar-refractivity contribution is 0.296. The van der Waals surface area contributed by atoms with Crippen LogP contribution in [0.1, 0.15) is 0 Å². The first-order valence-electron chi connectivity index (χ1n) is 4.22. The molecule has 0 bridgehead atoms. The zero-order chi connectivity index (χ0) is 12.5. The Morgan fingerprint density at radius 1 is 0.938 bits per heavy atom. The van der Waals surface area contributed by atoms with Gasteiger partial charge in [0.05, 0.1) is 7.14 Å². The summed E-state index contributed by atoms with van der Waals surface area (Å²) in [5, 5.41) is 0.937. The van der Waals surface area contributed by atoms with Crippen LogP contribution in [0.25, 0.3) is 0 Å². The highest BCUT2D eigenvalue weighted by atomic mass is 127. The van der Waals surface area contributed by atoms with Crippen molar-refractivity contribution in [3.8, 4) is 5.75 Å². The van der Waals surface area contributed by atoms with Gasteiger partial charge in [0, 0.05) is 10.7 Å². The number of hydrogen-bond donors (Lipinski definition) is 0. The molecule has 0 aliphatic heterocycles. The molecule has 8 heteroatoms. The second-order valence-electron chi connectivity index (χ2n) is 2.84. The number of ether oxygens (including phenoxy) is 1. The molecule has 1 atom stereocenters. The van der Waals surface area contributed by atoms with Crippen molar-refractivity contribution >= 4 is 141 Å². The van der Waals surface area contributed by atoms with Crippen molar-refractivity contribution in [3.63, 3.8) is 0 Å². The molecule has 0 radical (unpaired) electrons. The average molecular weight is 814 g/mol. The fourth-order valence-electron chi connectivity index (χ4n) is 0.899. The lowest BCUT2D eigenvalue weighted by Gasteiger charge is -2.17. The van der Waals surface area contributed by atoms with Crippen LogP contribution in [0.3, 0.4) is 0 Å². The highest BCUT2D eigenvalue weighted by Crippen LogP contribution is 2.39. The molecule has 0 saturated carbocycles. The number of alkyl halides is 1. The van der Waals surface area contributed by atoms with Crippen LogP contribution < -0.4 is 4.74 Å². The van der Waals surface area contributed by atoms with Gasteiger partial charge in [-0.1, -0.05) is 16.9 Å². The van der Waals surface area contributed by atoms with Crippen molar-refractivity contribution in [2.45, 2.75) is 10.8 Å². The molecule has 1 rings (SSSR count). The van der Waals surface area contributed by atoms with Crippen LogP contribution in [-0.4, -0.2) is 21.9 Å². The van der Waals surface area contributed by atoms with Gasteiger partial charge < -0.3 is 4.74 Å². The summed E-state index contributed by atoms with van der Waals surface area (Å²) in [6.45, 7) is 0. The third-order valence-electron chi connectivity index (χ3n) is 1.74. The van der Waals surface area contributed by atoms with Gasteiger partial charge in [0.1, 0.15) is 5.75 Å². The predicted octanol–water partition coefficient (Wildman–Crippen LogP) is 4.70. The van der Waals surface area contributed by atoms with E-state index in [9.17, 15) is 0 Å². The van der Waals surface area contributed by atoms with Crippen molar-refractivity contribution in [1.82, 2.24) is 0 Å². The van der Waals surface area contributed by atoms with E-state index >= 15 is 0 Å². The van der Waals surface area contributed by atoms with Crippen LogP contribution in [0.4, 0.5) is 0 Å². The third-order valence-corrected chi connectivity index (χ3v) is 12.8. The molecule has 0 spiro atoms. The Morgan fingerprint density at radius 3 is 1.69 bits per heavy atom. The van der Waals surface area contributed by atoms with E-state index in [-0.39, 0.29) is 5.56 Å². The van der Waals surface area contributed by atoms with Crippen LogP contribution in [0.2, 0.25) is 5.28 Å². The molecule has 0 aromatic heterocycles. The fourth-order valence-corrected chi connectivity index (χ4v) is 6.12. The average Bonchev–Trinajstić information content (AvgIpc) is 2.29. The van der Waals surface area contributed by atoms with E-state index in [1.807, 2.05) is 0 Å². The largest absolute Gasteiger partial charge is 0.474 e. The molecule has 0 heterocycles. The van der Waals surface area contributed by atoms with Gasteiger partial charge in [-0.25, -0.2) is 0 Å². The molecule has 1 aromatic carbocycles. The van der Waals surface area contributed by atoms with E-state index in [4.69, 9.17) is 16.3 Å². The summed E-state index contributed by atoms with van der Waals surface area (Å²) in [6, 6.07) is 0. The van der Waals surface area contributed by atoms with E-state index in [0.717, 1.165) is 34.5 Å². The van der Waals surface area contributed by atoms with Gasteiger partial charge in [-0.3, -0.25) is 0 Å². The van der Waals surface area contributed by atoms with Gasteiger partial charge in [0.15, 0.2) is 5.56 Å². The van der Waals surface area contributed by atoms with Gasteiger partial charge in [-0.15, -0.1) is 0 Å². The first-order valence-corrected chi connectivity index (χ1v) is 11.5. The maximum Gasteiger partial charge on any atom is 0.219 e. The first-order chi connectivity index (χ1) is 7.40. The minimum atomic E-state index is -0.194. The number of hydrogen-bond acceptors (Lipinski definition) is 1. The summed E-state index contributed by atoms with van der Waals surface area (Å²) in [7, 11) is 0. The van der Waals surface area contributed by atoms with Crippen LogP contribution in [0.15, 0.2) is 0 Å². The van der Waals surface area contributed by atoms with E-state index < -0.39 is 0 Å². The van der Waals surface area contributed by atoms with Gasteiger partial charge in [0.2, 0.25) is 16.3 Å². The molecule has 0 amide bonds.